The molecule has 0 aromatic carbocycles. The Balaban J connectivity index is 0.000000457. The van der Waals surface area contributed by atoms with Crippen LogP contribution >= 0.6 is 0 Å². The summed E-state index contributed by atoms with van der Waals surface area (Å²) in [5.74, 6) is -1.75. The molecule has 2 aromatic rings. The van der Waals surface area contributed by atoms with Gasteiger partial charge in [0.05, 0.1) is 11.1 Å². The molecule has 10 nitrogen and oxygen atoms in total. The highest BCUT2D eigenvalue weighted by atomic mass is 16.4. The number of carbonyl (C=O) groups excluding carboxylic acids is 2. The number of rotatable bonds is 16. The molecule has 0 aliphatic carbocycles. The first-order chi connectivity index (χ1) is 17.4. The number of carboxylic acids is 2. The molecule has 0 saturated heterocycles. The van der Waals surface area contributed by atoms with Crippen LogP contribution in [0.15, 0.2) is 49.1 Å². The average molecular weight is 501 g/mol. The van der Waals surface area contributed by atoms with Gasteiger partial charge in [0.1, 0.15) is 0 Å². The van der Waals surface area contributed by atoms with Gasteiger partial charge in [-0.05, 0) is 49.9 Å². The van der Waals surface area contributed by atoms with E-state index in [-0.39, 0.29) is 24.7 Å². The number of nitrogens with one attached hydrogen (secondary N) is 2. The minimum atomic E-state index is -0.784. The van der Waals surface area contributed by atoms with Crippen LogP contribution < -0.4 is 10.6 Å². The van der Waals surface area contributed by atoms with E-state index in [0.717, 1.165) is 38.5 Å². The molecule has 2 rings (SSSR count). The molecule has 0 saturated carbocycles. The molecule has 36 heavy (non-hydrogen) atoms. The maximum absolute atomic E-state index is 11.8. The molecule has 0 atom stereocenters. The Morgan fingerprint density at radius 1 is 0.611 bits per heavy atom. The number of unbranched alkanes of at least 4 members (excludes halogenated alkanes) is 6. The highest BCUT2D eigenvalue weighted by Crippen LogP contribution is 2.05. The summed E-state index contributed by atoms with van der Waals surface area (Å²) in [6.07, 6.45) is 13.5. The molecule has 0 radical (unpaired) electrons. The SMILES string of the molecule is O=C(NCCCCCCNC(=O)c1cccnc1)c1cccnc1.O=C(O)CCCCCCC(=O)O. The second-order valence-electron chi connectivity index (χ2n) is 8.11. The van der Waals surface area contributed by atoms with Crippen LogP contribution in [0.3, 0.4) is 0 Å². The minimum absolute atomic E-state index is 0.0909. The van der Waals surface area contributed by atoms with Gasteiger partial charge in [0, 0.05) is 50.7 Å². The van der Waals surface area contributed by atoms with Gasteiger partial charge in [0.25, 0.3) is 11.8 Å². The number of aromatic nitrogens is 2. The first-order valence-corrected chi connectivity index (χ1v) is 12.2. The van der Waals surface area contributed by atoms with Crippen molar-refractivity contribution in [3.05, 3.63) is 60.2 Å². The zero-order chi connectivity index (χ0) is 26.4. The summed E-state index contributed by atoms with van der Waals surface area (Å²) < 4.78 is 0. The molecule has 2 aromatic heterocycles. The fourth-order valence-electron chi connectivity index (χ4n) is 3.11. The second-order valence-corrected chi connectivity index (χ2v) is 8.11. The van der Waals surface area contributed by atoms with Crippen LogP contribution in [-0.4, -0.2) is 57.0 Å². The number of aliphatic carboxylic acids is 2. The summed E-state index contributed by atoms with van der Waals surface area (Å²) in [4.78, 5) is 51.5. The van der Waals surface area contributed by atoms with Crippen LogP contribution in [0.25, 0.3) is 0 Å². The molecule has 0 aliphatic heterocycles. The molecule has 10 heteroatoms. The monoisotopic (exact) mass is 500 g/mol. The predicted octanol–water partition coefficient (Wildman–Crippen LogP) is 3.69. The van der Waals surface area contributed by atoms with E-state index in [9.17, 15) is 19.2 Å². The Morgan fingerprint density at radius 2 is 1.00 bits per heavy atom. The largest absolute Gasteiger partial charge is 0.481 e. The van der Waals surface area contributed by atoms with Crippen molar-refractivity contribution in [2.45, 2.75) is 64.2 Å². The third-order valence-corrected chi connectivity index (χ3v) is 5.05. The quantitative estimate of drug-likeness (QED) is 0.254. The van der Waals surface area contributed by atoms with E-state index in [0.29, 0.717) is 37.1 Å². The Kier molecular flexibility index (Phi) is 16.3. The fraction of sp³-hybridized carbons (Fsp3) is 0.462. The van der Waals surface area contributed by atoms with E-state index in [1.54, 1.807) is 49.1 Å². The van der Waals surface area contributed by atoms with E-state index in [4.69, 9.17) is 10.2 Å². The minimum Gasteiger partial charge on any atom is -0.481 e. The van der Waals surface area contributed by atoms with Gasteiger partial charge in [0.2, 0.25) is 0 Å². The maximum Gasteiger partial charge on any atom is 0.303 e. The van der Waals surface area contributed by atoms with Crippen LogP contribution in [0.5, 0.6) is 0 Å². The van der Waals surface area contributed by atoms with Crippen molar-refractivity contribution in [3.8, 4) is 0 Å². The molecule has 2 amide bonds. The molecule has 196 valence electrons. The fourth-order valence-corrected chi connectivity index (χ4v) is 3.11. The summed E-state index contributed by atoms with van der Waals surface area (Å²) in [7, 11) is 0. The number of carbonyl (C=O) groups is 4. The van der Waals surface area contributed by atoms with Crippen molar-refractivity contribution in [1.29, 1.82) is 0 Å². The van der Waals surface area contributed by atoms with E-state index >= 15 is 0 Å². The van der Waals surface area contributed by atoms with Crippen molar-refractivity contribution in [3.63, 3.8) is 0 Å². The lowest BCUT2D eigenvalue weighted by Gasteiger charge is -2.06. The van der Waals surface area contributed by atoms with Gasteiger partial charge < -0.3 is 20.8 Å². The third-order valence-electron chi connectivity index (χ3n) is 5.05. The van der Waals surface area contributed by atoms with Gasteiger partial charge in [-0.2, -0.15) is 0 Å². The van der Waals surface area contributed by atoms with Gasteiger partial charge in [-0.25, -0.2) is 0 Å². The summed E-state index contributed by atoms with van der Waals surface area (Å²) in [5.41, 5.74) is 1.16. The molecule has 0 unspecified atom stereocenters. The Morgan fingerprint density at radius 3 is 1.33 bits per heavy atom. The number of amides is 2. The number of carboxylic acid groups (broad SMARTS) is 2. The van der Waals surface area contributed by atoms with E-state index in [1.165, 1.54) is 0 Å². The number of hydrogen-bond donors (Lipinski definition) is 4. The third kappa shape index (κ3) is 15.9. The van der Waals surface area contributed by atoms with Gasteiger partial charge in [-0.15, -0.1) is 0 Å². The number of pyridine rings is 2. The van der Waals surface area contributed by atoms with Gasteiger partial charge in [-0.1, -0.05) is 25.7 Å². The highest BCUT2D eigenvalue weighted by molar-refractivity contribution is 5.94. The van der Waals surface area contributed by atoms with Crippen LogP contribution in [0.2, 0.25) is 0 Å². The van der Waals surface area contributed by atoms with E-state index in [1.807, 2.05) is 0 Å². The zero-order valence-corrected chi connectivity index (χ0v) is 20.5. The summed E-state index contributed by atoms with van der Waals surface area (Å²) in [5, 5.41) is 22.3. The molecule has 0 fully saturated rings. The predicted molar refractivity (Wildman–Crippen MR) is 135 cm³/mol. The lowest BCUT2D eigenvalue weighted by Crippen LogP contribution is -2.25. The van der Waals surface area contributed by atoms with Crippen molar-refractivity contribution in [2.24, 2.45) is 0 Å². The van der Waals surface area contributed by atoms with E-state index < -0.39 is 11.9 Å². The smallest absolute Gasteiger partial charge is 0.303 e. The Hall–Kier alpha value is -3.82. The lowest BCUT2D eigenvalue weighted by molar-refractivity contribution is -0.138. The normalized spacial score (nSPS) is 10.0. The summed E-state index contributed by atoms with van der Waals surface area (Å²) in [6.45, 7) is 1.30. The Bertz CT molecular complexity index is 834. The molecule has 0 aliphatic rings. The molecule has 2 heterocycles. The zero-order valence-electron chi connectivity index (χ0n) is 20.5. The van der Waals surface area contributed by atoms with Crippen LogP contribution in [0, 0.1) is 0 Å². The second kappa shape index (κ2) is 19.5. The molecular formula is C26H36N4O6. The Labute approximate surface area is 211 Å². The van der Waals surface area contributed by atoms with Crippen molar-refractivity contribution in [2.75, 3.05) is 13.1 Å². The van der Waals surface area contributed by atoms with Crippen LogP contribution in [0.1, 0.15) is 84.9 Å². The number of hydrogen-bond acceptors (Lipinski definition) is 6. The van der Waals surface area contributed by atoms with Crippen LogP contribution in [0.4, 0.5) is 0 Å². The molecular weight excluding hydrogens is 464 g/mol. The molecule has 4 N–H and O–H groups in total. The lowest BCUT2D eigenvalue weighted by atomic mass is 10.1. The maximum atomic E-state index is 11.8. The highest BCUT2D eigenvalue weighted by Gasteiger charge is 2.05. The summed E-state index contributed by atoms with van der Waals surface area (Å²) in [6, 6.07) is 6.98. The first kappa shape index (κ1) is 30.2. The van der Waals surface area contributed by atoms with E-state index in [2.05, 4.69) is 20.6 Å². The molecule has 0 bridgehead atoms. The topological polar surface area (TPSA) is 159 Å². The van der Waals surface area contributed by atoms with Gasteiger partial charge in [0.15, 0.2) is 0 Å². The number of nitrogens with zero attached hydrogens (tertiary/aromatic N) is 2. The van der Waals surface area contributed by atoms with Crippen molar-refractivity contribution in [1.82, 2.24) is 20.6 Å². The van der Waals surface area contributed by atoms with Gasteiger partial charge >= 0.3 is 11.9 Å². The summed E-state index contributed by atoms with van der Waals surface area (Å²) >= 11 is 0. The van der Waals surface area contributed by atoms with Crippen molar-refractivity contribution < 1.29 is 29.4 Å². The molecule has 0 spiro atoms. The average Bonchev–Trinajstić information content (AvgIpc) is 2.88. The standard InChI is InChI=1S/C18H22N4O2.C8H14O4/c23-17(15-7-5-9-19-13-15)21-11-3-1-2-4-12-22-18(24)16-8-6-10-20-14-16;9-7(10)5-3-1-2-4-6-8(11)12/h5-10,13-14H,1-4,11-12H2,(H,21,23)(H,22,24);1-6H2,(H,9,10)(H,11,12). The first-order valence-electron chi connectivity index (χ1n) is 12.2. The van der Waals surface area contributed by atoms with Crippen molar-refractivity contribution >= 4 is 23.8 Å². The van der Waals surface area contributed by atoms with Gasteiger partial charge in [-0.3, -0.25) is 29.1 Å². The van der Waals surface area contributed by atoms with Crippen LogP contribution in [-0.2, 0) is 9.59 Å².